The molecule has 0 amide bonds. The van der Waals surface area contributed by atoms with E-state index < -0.39 is 24.0 Å². The third-order valence-electron chi connectivity index (χ3n) is 6.83. The molecule has 1 fully saturated rings. The summed E-state index contributed by atoms with van der Waals surface area (Å²) < 4.78 is 6.90. The van der Waals surface area contributed by atoms with Crippen molar-refractivity contribution in [2.24, 2.45) is 11.8 Å². The van der Waals surface area contributed by atoms with Crippen molar-refractivity contribution in [1.82, 2.24) is 0 Å². The number of benzene rings is 3. The Balaban J connectivity index is 2.08. The quantitative estimate of drug-likeness (QED) is 0.511. The van der Waals surface area contributed by atoms with E-state index in [1.54, 1.807) is 0 Å². The summed E-state index contributed by atoms with van der Waals surface area (Å²) in [6, 6.07) is 33.1. The molecule has 0 bridgehead atoms. The van der Waals surface area contributed by atoms with Gasteiger partial charge in [-0.15, -0.1) is 0 Å². The Bertz CT molecular complexity index is 894. The van der Waals surface area contributed by atoms with Gasteiger partial charge in [-0.25, -0.2) is 0 Å². The maximum atomic E-state index is 11.4. The Kier molecular flexibility index (Phi) is 6.22. The summed E-state index contributed by atoms with van der Waals surface area (Å²) in [5.74, 6) is 0.962. The fourth-order valence-electron chi connectivity index (χ4n) is 5.18. The van der Waals surface area contributed by atoms with Crippen molar-refractivity contribution < 1.29 is 5.11 Å². The first-order chi connectivity index (χ1) is 14.4. The van der Waals surface area contributed by atoms with Crippen LogP contribution >= 0.6 is 0 Å². The van der Waals surface area contributed by atoms with E-state index in [1.165, 1.54) is 16.3 Å². The van der Waals surface area contributed by atoms with Crippen LogP contribution in [0, 0.1) is 11.8 Å². The van der Waals surface area contributed by atoms with Crippen LogP contribution in [-0.4, -0.2) is 29.1 Å². The van der Waals surface area contributed by atoms with E-state index in [4.69, 9.17) is 0 Å². The van der Waals surface area contributed by atoms with Gasteiger partial charge in [-0.05, 0) is 0 Å². The zero-order valence-corrected chi connectivity index (χ0v) is 21.1. The summed E-state index contributed by atoms with van der Waals surface area (Å²) in [5, 5.41) is 11.4. The zero-order chi connectivity index (χ0) is 21.2. The van der Waals surface area contributed by atoms with E-state index in [9.17, 15) is 5.11 Å². The Labute approximate surface area is 185 Å². The molecule has 0 aliphatic heterocycles. The molecule has 3 aromatic carbocycles. The minimum absolute atomic E-state index is 0.437. The predicted octanol–water partition coefficient (Wildman–Crippen LogP) is 4.44. The molecule has 1 nitrogen and oxygen atoms in total. The van der Waals surface area contributed by atoms with Gasteiger partial charge in [-0.3, -0.25) is 0 Å². The molecular formula is C28H32OSn. The maximum absolute atomic E-state index is 11.4. The molecule has 0 saturated heterocycles. The van der Waals surface area contributed by atoms with Gasteiger partial charge in [0.1, 0.15) is 0 Å². The molecule has 2 heteroatoms. The Morgan fingerprint density at radius 2 is 1.20 bits per heavy atom. The van der Waals surface area contributed by atoms with Crippen molar-refractivity contribution in [1.29, 1.82) is 0 Å². The topological polar surface area (TPSA) is 20.2 Å². The van der Waals surface area contributed by atoms with Crippen LogP contribution in [0.15, 0.2) is 101 Å². The summed E-state index contributed by atoms with van der Waals surface area (Å²) >= 11 is -3.53. The summed E-state index contributed by atoms with van der Waals surface area (Å²) in [4.78, 5) is 0. The molecule has 1 aliphatic carbocycles. The number of hydrogen-bond donors (Lipinski definition) is 1. The average molecular weight is 503 g/mol. The van der Waals surface area contributed by atoms with Crippen molar-refractivity contribution in [3.8, 4) is 0 Å². The molecule has 0 aromatic heterocycles. The van der Waals surface area contributed by atoms with Crippen LogP contribution < -0.4 is 10.7 Å². The molecule has 2 unspecified atom stereocenters. The van der Waals surface area contributed by atoms with Crippen molar-refractivity contribution in [2.45, 2.75) is 39.2 Å². The van der Waals surface area contributed by atoms with Crippen LogP contribution in [0.1, 0.15) is 33.6 Å². The van der Waals surface area contributed by atoms with Gasteiger partial charge in [0.05, 0.1) is 0 Å². The summed E-state index contributed by atoms with van der Waals surface area (Å²) in [5.41, 5.74) is 0.542. The average Bonchev–Trinajstić information content (AvgIpc) is 3.08. The Morgan fingerprint density at radius 1 is 0.800 bits per heavy atom. The Hall–Kier alpha value is -1.84. The van der Waals surface area contributed by atoms with Gasteiger partial charge in [0.25, 0.3) is 0 Å². The number of rotatable bonds is 5. The van der Waals surface area contributed by atoms with Gasteiger partial charge in [0.15, 0.2) is 0 Å². The molecule has 2 atom stereocenters. The standard InChI is InChI=1S/C10H17O.3C6H5.Sn/c1-7(2)9-5-6-10(4,11)8(9)3;3*1-2-4-6-5-3-1;/h3,7,9,11H,5-6H2,1-2,4H3;3*1-5H;. The second kappa shape index (κ2) is 8.72. The number of aliphatic hydroxyl groups is 1. The van der Waals surface area contributed by atoms with Crippen LogP contribution in [0.5, 0.6) is 0 Å². The van der Waals surface area contributed by atoms with E-state index in [0.717, 1.165) is 12.8 Å². The SMILES string of the molecule is CC(C)C1CCC(C)(O)/C1=[CH]\[Sn]([c]1ccccc1)([c]1ccccc1)[c]1ccccc1. The molecule has 0 spiro atoms. The molecular weight excluding hydrogens is 471 g/mol. The molecule has 30 heavy (non-hydrogen) atoms. The van der Waals surface area contributed by atoms with E-state index >= 15 is 0 Å². The number of hydrogen-bond acceptors (Lipinski definition) is 1. The van der Waals surface area contributed by atoms with Gasteiger partial charge < -0.3 is 0 Å². The second-order valence-electron chi connectivity index (χ2n) is 9.17. The van der Waals surface area contributed by atoms with E-state index in [-0.39, 0.29) is 0 Å². The summed E-state index contributed by atoms with van der Waals surface area (Å²) in [6.45, 7) is 6.62. The Morgan fingerprint density at radius 3 is 1.57 bits per heavy atom. The third-order valence-corrected chi connectivity index (χ3v) is 19.6. The van der Waals surface area contributed by atoms with Gasteiger partial charge in [0.2, 0.25) is 0 Å². The summed E-state index contributed by atoms with van der Waals surface area (Å²) in [7, 11) is 0. The van der Waals surface area contributed by atoms with Gasteiger partial charge in [-0.1, -0.05) is 0 Å². The van der Waals surface area contributed by atoms with Crippen molar-refractivity contribution in [2.75, 3.05) is 0 Å². The zero-order valence-electron chi connectivity index (χ0n) is 18.3. The van der Waals surface area contributed by atoms with Crippen molar-refractivity contribution in [3.05, 3.63) is 101 Å². The van der Waals surface area contributed by atoms with Crippen LogP contribution in [0.2, 0.25) is 0 Å². The van der Waals surface area contributed by atoms with E-state index in [2.05, 4.69) is 109 Å². The molecule has 154 valence electrons. The minimum atomic E-state index is -3.53. The molecule has 0 heterocycles. The van der Waals surface area contributed by atoms with Crippen LogP contribution in [0.25, 0.3) is 0 Å². The van der Waals surface area contributed by atoms with Crippen LogP contribution in [0.3, 0.4) is 0 Å². The van der Waals surface area contributed by atoms with E-state index in [0.29, 0.717) is 11.8 Å². The summed E-state index contributed by atoms with van der Waals surface area (Å²) in [6.07, 6.45) is 1.92. The van der Waals surface area contributed by atoms with Crippen LogP contribution in [0.4, 0.5) is 0 Å². The first-order valence-corrected chi connectivity index (χ1v) is 17.0. The molecule has 4 rings (SSSR count). The predicted molar refractivity (Wildman–Crippen MR) is 130 cm³/mol. The van der Waals surface area contributed by atoms with Gasteiger partial charge >= 0.3 is 186 Å². The normalized spacial score (nSPS) is 23.2. The van der Waals surface area contributed by atoms with E-state index in [1.807, 2.05) is 6.92 Å². The monoisotopic (exact) mass is 504 g/mol. The van der Waals surface area contributed by atoms with Gasteiger partial charge in [-0.2, -0.15) is 0 Å². The van der Waals surface area contributed by atoms with Crippen molar-refractivity contribution in [3.63, 3.8) is 0 Å². The second-order valence-corrected chi connectivity index (χ2v) is 19.5. The first-order valence-electron chi connectivity index (χ1n) is 11.1. The molecule has 1 saturated carbocycles. The van der Waals surface area contributed by atoms with Crippen molar-refractivity contribution >= 4 is 29.1 Å². The first kappa shape index (κ1) is 21.4. The molecule has 1 aliphatic rings. The third kappa shape index (κ3) is 3.90. The van der Waals surface area contributed by atoms with Gasteiger partial charge in [0, 0.05) is 0 Å². The fraction of sp³-hybridized carbons (Fsp3) is 0.286. The van der Waals surface area contributed by atoms with Crippen LogP contribution in [-0.2, 0) is 0 Å². The fourth-order valence-corrected chi connectivity index (χ4v) is 18.4. The molecule has 1 N–H and O–H groups in total. The molecule has 3 aromatic rings. The molecule has 0 radical (unpaired) electrons.